The number of ether oxygens (including phenoxy) is 1. The van der Waals surface area contributed by atoms with E-state index in [1.165, 1.54) is 0 Å². The number of amides is 1. The molecule has 2 aromatic heterocycles. The molecule has 228 valence electrons. The number of carbonyl (C=O) groups excluding carboxylic acids is 2. The molecule has 3 heterocycles. The third-order valence-electron chi connectivity index (χ3n) is 7.35. The summed E-state index contributed by atoms with van der Waals surface area (Å²) in [6.07, 6.45) is 5.06. The number of ketones is 1. The van der Waals surface area contributed by atoms with Gasteiger partial charge in [-0.05, 0) is 36.9 Å². The first-order valence-electron chi connectivity index (χ1n) is 14.7. The summed E-state index contributed by atoms with van der Waals surface area (Å²) in [7, 11) is 0.802. The summed E-state index contributed by atoms with van der Waals surface area (Å²) in [6.45, 7) is 16.4. The van der Waals surface area contributed by atoms with E-state index >= 15 is 0 Å². The number of fused-ring (bicyclic) bond motifs is 1. The fraction of sp³-hybridized carbons (Fsp3) is 0.469. The number of piperazine rings is 1. The topological polar surface area (TPSA) is 116 Å². The summed E-state index contributed by atoms with van der Waals surface area (Å²) in [5, 5.41) is 12.9. The number of anilines is 2. The first-order chi connectivity index (χ1) is 20.2. The molecule has 43 heavy (non-hydrogen) atoms. The van der Waals surface area contributed by atoms with Crippen LogP contribution in [0.15, 0.2) is 42.2 Å². The number of Topliss-reactive ketones (excluding diaryl/α,β-unsaturated/α-hetero) is 1. The minimum atomic E-state index is -1.22. The number of benzene rings is 1. The van der Waals surface area contributed by atoms with Crippen LogP contribution in [-0.2, 0) is 16.3 Å². The lowest BCUT2D eigenvalue weighted by Gasteiger charge is -2.32. The molecule has 1 saturated heterocycles. The van der Waals surface area contributed by atoms with Crippen LogP contribution in [-0.4, -0.2) is 83.9 Å². The molecule has 0 aliphatic carbocycles. The lowest BCUT2D eigenvalue weighted by atomic mass is 9.87. The number of rotatable bonds is 10. The first-order valence-corrected chi connectivity index (χ1v) is 18.4. The Hall–Kier alpha value is -3.85. The van der Waals surface area contributed by atoms with E-state index in [0.29, 0.717) is 49.0 Å². The Morgan fingerprint density at radius 1 is 1.12 bits per heavy atom. The summed E-state index contributed by atoms with van der Waals surface area (Å²) >= 11 is 0. The zero-order chi connectivity index (χ0) is 31.4. The fourth-order valence-electron chi connectivity index (χ4n) is 4.62. The van der Waals surface area contributed by atoms with Crippen molar-refractivity contribution in [2.24, 2.45) is 5.41 Å². The average Bonchev–Trinajstić information content (AvgIpc) is 3.31. The predicted octanol–water partition coefficient (Wildman–Crippen LogP) is 5.40. The third kappa shape index (κ3) is 8.37. The van der Waals surface area contributed by atoms with E-state index in [1.807, 2.05) is 56.7 Å². The molecule has 0 saturated carbocycles. The standard InChI is InChI=1S/C32H43N7O3Si/c1-32(2,3)29(40)26-21-39(22-42-16-17-43(5,6)7)30-28(26)36-27(20-34-30)35-25-10-8-23(9-11-25)18-24(19-33)31(41)38-14-12-37(4)13-15-38/h8-11,18,20-21H,12-17,22H2,1-7H3,(H,35,36)/b24-18+. The second-order valence-corrected chi connectivity index (χ2v) is 19.0. The average molecular weight is 602 g/mol. The van der Waals surface area contributed by atoms with Crippen molar-refractivity contribution in [2.45, 2.75) is 53.2 Å². The number of nitrogens with one attached hydrogen (secondary N) is 1. The molecular formula is C32H43N7O3Si. The summed E-state index contributed by atoms with van der Waals surface area (Å²) in [6, 6.07) is 10.5. The maximum absolute atomic E-state index is 13.3. The summed E-state index contributed by atoms with van der Waals surface area (Å²) in [5.41, 5.74) is 2.68. The lowest BCUT2D eigenvalue weighted by Crippen LogP contribution is -2.47. The van der Waals surface area contributed by atoms with Gasteiger partial charge in [0.15, 0.2) is 11.4 Å². The largest absolute Gasteiger partial charge is 0.361 e. The maximum Gasteiger partial charge on any atom is 0.264 e. The van der Waals surface area contributed by atoms with Crippen molar-refractivity contribution in [3.8, 4) is 6.07 Å². The van der Waals surface area contributed by atoms with E-state index in [0.717, 1.165) is 30.4 Å². The number of carbonyl (C=O) groups is 2. The van der Waals surface area contributed by atoms with Gasteiger partial charge in [0.05, 0.1) is 11.8 Å². The maximum atomic E-state index is 13.3. The van der Waals surface area contributed by atoms with E-state index in [4.69, 9.17) is 9.72 Å². The first kappa shape index (κ1) is 32.1. The van der Waals surface area contributed by atoms with Crippen molar-refractivity contribution in [3.05, 3.63) is 53.4 Å². The summed E-state index contributed by atoms with van der Waals surface area (Å²) in [5.74, 6) is 0.245. The molecule has 0 spiro atoms. The molecule has 1 aliphatic heterocycles. The zero-order valence-electron chi connectivity index (χ0n) is 26.4. The van der Waals surface area contributed by atoms with Gasteiger partial charge in [-0.2, -0.15) is 5.26 Å². The van der Waals surface area contributed by atoms with Crippen molar-refractivity contribution >= 4 is 48.5 Å². The van der Waals surface area contributed by atoms with Crippen molar-refractivity contribution in [1.82, 2.24) is 24.3 Å². The number of aromatic nitrogens is 3. The Bertz CT molecular complexity index is 1530. The van der Waals surface area contributed by atoms with Crippen LogP contribution in [0.4, 0.5) is 11.5 Å². The number of nitriles is 1. The summed E-state index contributed by atoms with van der Waals surface area (Å²) < 4.78 is 7.81. The van der Waals surface area contributed by atoms with Crippen molar-refractivity contribution in [2.75, 3.05) is 45.2 Å². The van der Waals surface area contributed by atoms with E-state index in [2.05, 4.69) is 40.9 Å². The SMILES string of the molecule is CN1CCN(C(=O)/C(C#N)=C/c2ccc(Nc3cnc4c(n3)c(C(=O)C(C)(C)C)cn4COCC[Si](C)(C)C)cc2)CC1. The molecule has 10 nitrogen and oxygen atoms in total. The molecule has 3 aromatic rings. The Balaban J connectivity index is 1.52. The second kappa shape index (κ2) is 13.2. The predicted molar refractivity (Wildman–Crippen MR) is 173 cm³/mol. The van der Waals surface area contributed by atoms with Gasteiger partial charge < -0.3 is 24.4 Å². The molecule has 1 N–H and O–H groups in total. The molecule has 1 fully saturated rings. The normalized spacial score (nSPS) is 15.0. The van der Waals surface area contributed by atoms with Gasteiger partial charge in [-0.1, -0.05) is 52.5 Å². The Labute approximate surface area is 255 Å². The zero-order valence-corrected chi connectivity index (χ0v) is 27.4. The molecule has 1 aromatic carbocycles. The number of likely N-dealkylation sites (N-methyl/N-ethyl adjacent to an activating group) is 1. The Kier molecular flexibility index (Phi) is 9.85. The summed E-state index contributed by atoms with van der Waals surface area (Å²) in [4.78, 5) is 39.5. The quantitative estimate of drug-likeness (QED) is 0.108. The molecule has 0 unspecified atom stereocenters. The third-order valence-corrected chi connectivity index (χ3v) is 9.06. The van der Waals surface area contributed by atoms with Crippen molar-refractivity contribution < 1.29 is 14.3 Å². The van der Waals surface area contributed by atoms with Gasteiger partial charge in [0, 0.05) is 58.2 Å². The Morgan fingerprint density at radius 2 is 1.79 bits per heavy atom. The van der Waals surface area contributed by atoms with E-state index in [-0.39, 0.29) is 17.3 Å². The molecule has 0 bridgehead atoms. The van der Waals surface area contributed by atoms with Gasteiger partial charge in [-0.15, -0.1) is 0 Å². The monoisotopic (exact) mass is 601 g/mol. The lowest BCUT2D eigenvalue weighted by molar-refractivity contribution is -0.128. The van der Waals surface area contributed by atoms with Crippen LogP contribution in [0.5, 0.6) is 0 Å². The van der Waals surface area contributed by atoms with Crippen LogP contribution in [0.1, 0.15) is 36.7 Å². The van der Waals surface area contributed by atoms with Crippen LogP contribution in [0.25, 0.3) is 17.2 Å². The molecule has 0 radical (unpaired) electrons. The molecule has 4 rings (SSSR count). The van der Waals surface area contributed by atoms with Crippen LogP contribution in [0, 0.1) is 16.7 Å². The van der Waals surface area contributed by atoms with Gasteiger partial charge >= 0.3 is 0 Å². The highest BCUT2D eigenvalue weighted by Crippen LogP contribution is 2.28. The van der Waals surface area contributed by atoms with Gasteiger partial charge in [-0.3, -0.25) is 9.59 Å². The van der Waals surface area contributed by atoms with Crippen LogP contribution >= 0.6 is 0 Å². The number of nitrogens with zero attached hydrogens (tertiary/aromatic N) is 6. The molecule has 0 atom stereocenters. The molecule has 11 heteroatoms. The van der Waals surface area contributed by atoms with Crippen molar-refractivity contribution in [1.29, 1.82) is 5.26 Å². The fourth-order valence-corrected chi connectivity index (χ4v) is 5.38. The highest BCUT2D eigenvalue weighted by Gasteiger charge is 2.28. The van der Waals surface area contributed by atoms with E-state index in [1.54, 1.807) is 23.4 Å². The Morgan fingerprint density at radius 3 is 2.40 bits per heavy atom. The minimum absolute atomic E-state index is 0.0136. The molecular weight excluding hydrogens is 558 g/mol. The minimum Gasteiger partial charge on any atom is -0.361 e. The van der Waals surface area contributed by atoms with Gasteiger partial charge in [0.1, 0.15) is 29.7 Å². The number of hydrogen-bond donors (Lipinski definition) is 1. The molecule has 1 amide bonds. The van der Waals surface area contributed by atoms with Gasteiger partial charge in [-0.25, -0.2) is 9.97 Å². The van der Waals surface area contributed by atoms with Crippen LogP contribution in [0.2, 0.25) is 25.7 Å². The van der Waals surface area contributed by atoms with Crippen LogP contribution in [0.3, 0.4) is 0 Å². The van der Waals surface area contributed by atoms with Gasteiger partial charge in [0.25, 0.3) is 5.91 Å². The van der Waals surface area contributed by atoms with Crippen molar-refractivity contribution in [3.63, 3.8) is 0 Å². The van der Waals surface area contributed by atoms with E-state index in [9.17, 15) is 14.9 Å². The van der Waals surface area contributed by atoms with Crippen LogP contribution < -0.4 is 5.32 Å². The highest BCUT2D eigenvalue weighted by atomic mass is 28.3. The highest BCUT2D eigenvalue weighted by molar-refractivity contribution is 6.76. The number of hydrogen-bond acceptors (Lipinski definition) is 8. The second-order valence-electron chi connectivity index (χ2n) is 13.4. The van der Waals surface area contributed by atoms with Gasteiger partial charge in [0.2, 0.25) is 0 Å². The molecule has 1 aliphatic rings. The van der Waals surface area contributed by atoms with E-state index < -0.39 is 13.5 Å². The smallest absolute Gasteiger partial charge is 0.264 e.